The van der Waals surface area contributed by atoms with Crippen molar-refractivity contribution >= 4 is 11.6 Å². The molecule has 0 bridgehead atoms. The second kappa shape index (κ2) is 9.55. The van der Waals surface area contributed by atoms with Crippen LogP contribution in [-0.4, -0.2) is 34.3 Å². The minimum atomic E-state index is -0.612. The first-order chi connectivity index (χ1) is 14.5. The Bertz CT molecular complexity index is 1030. The van der Waals surface area contributed by atoms with Crippen molar-refractivity contribution in [3.05, 3.63) is 81.7 Å². The summed E-state index contributed by atoms with van der Waals surface area (Å²) >= 11 is 0. The van der Waals surface area contributed by atoms with Gasteiger partial charge in [-0.15, -0.1) is 0 Å². The molecule has 0 fully saturated rings. The number of nitrogens with one attached hydrogen (secondary N) is 1. The van der Waals surface area contributed by atoms with Gasteiger partial charge in [0.1, 0.15) is 5.56 Å². The summed E-state index contributed by atoms with van der Waals surface area (Å²) in [4.78, 5) is 23.7. The van der Waals surface area contributed by atoms with E-state index in [9.17, 15) is 14.9 Å². The molecule has 9 heteroatoms. The van der Waals surface area contributed by atoms with Gasteiger partial charge in [0.15, 0.2) is 11.5 Å². The van der Waals surface area contributed by atoms with Crippen molar-refractivity contribution < 1.29 is 19.2 Å². The largest absolute Gasteiger partial charge is 0.493 e. The molecule has 30 heavy (non-hydrogen) atoms. The molecule has 1 N–H and O–H groups in total. The molecule has 156 valence electrons. The zero-order valence-corrected chi connectivity index (χ0v) is 16.7. The van der Waals surface area contributed by atoms with E-state index < -0.39 is 10.8 Å². The summed E-state index contributed by atoms with van der Waals surface area (Å²) in [7, 11) is 1.39. The SMILES string of the molecule is CCOc1cc(C(=O)NCc2ccccc2Cn2cccn2)c([N+](=O)[O-])cc1OC. The predicted molar refractivity (Wildman–Crippen MR) is 110 cm³/mol. The Labute approximate surface area is 173 Å². The van der Waals surface area contributed by atoms with Crippen molar-refractivity contribution in [3.8, 4) is 11.5 Å². The first-order valence-electron chi connectivity index (χ1n) is 9.35. The molecule has 3 rings (SSSR count). The number of nitro benzene ring substituents is 1. The Morgan fingerprint density at radius 2 is 1.97 bits per heavy atom. The van der Waals surface area contributed by atoms with Crippen molar-refractivity contribution in [2.75, 3.05) is 13.7 Å². The molecule has 1 heterocycles. The van der Waals surface area contributed by atoms with E-state index in [1.54, 1.807) is 17.8 Å². The molecule has 1 aromatic heterocycles. The third-order valence-electron chi connectivity index (χ3n) is 4.47. The van der Waals surface area contributed by atoms with Gasteiger partial charge in [0.25, 0.3) is 11.6 Å². The standard InChI is InChI=1S/C21H22N4O5/c1-3-30-20-11-17(18(25(27)28)12-19(20)29-2)21(26)22-13-15-7-4-5-8-16(15)14-24-10-6-9-23-24/h4-12H,3,13-14H2,1-2H3,(H,22,26). The number of carbonyl (C=O) groups is 1. The van der Waals surface area contributed by atoms with Crippen LogP contribution < -0.4 is 14.8 Å². The van der Waals surface area contributed by atoms with Gasteiger partial charge in [-0.25, -0.2) is 0 Å². The molecule has 0 saturated carbocycles. The van der Waals surface area contributed by atoms with E-state index in [1.165, 1.54) is 19.2 Å². The maximum Gasteiger partial charge on any atom is 0.286 e. The molecule has 0 unspecified atom stereocenters. The molecule has 0 spiro atoms. The Balaban J connectivity index is 1.83. The molecule has 0 aliphatic heterocycles. The number of hydrogen-bond donors (Lipinski definition) is 1. The Kier molecular flexibility index (Phi) is 6.63. The summed E-state index contributed by atoms with van der Waals surface area (Å²) in [5, 5.41) is 18.5. The number of benzene rings is 2. The molecule has 1 amide bonds. The molecule has 0 aliphatic carbocycles. The Morgan fingerprint density at radius 3 is 2.60 bits per heavy atom. The van der Waals surface area contributed by atoms with Gasteiger partial charge in [-0.1, -0.05) is 24.3 Å². The zero-order chi connectivity index (χ0) is 21.5. The van der Waals surface area contributed by atoms with Gasteiger partial charge in [-0.05, 0) is 24.1 Å². The fraction of sp³-hybridized carbons (Fsp3) is 0.238. The molecule has 0 radical (unpaired) electrons. The lowest BCUT2D eigenvalue weighted by Gasteiger charge is -2.13. The lowest BCUT2D eigenvalue weighted by Crippen LogP contribution is -2.24. The van der Waals surface area contributed by atoms with Gasteiger partial charge >= 0.3 is 0 Å². The highest BCUT2D eigenvalue weighted by atomic mass is 16.6. The van der Waals surface area contributed by atoms with Crippen molar-refractivity contribution in [2.45, 2.75) is 20.0 Å². The third kappa shape index (κ3) is 4.75. The summed E-state index contributed by atoms with van der Waals surface area (Å²) < 4.78 is 12.4. The first kappa shape index (κ1) is 20.8. The van der Waals surface area contributed by atoms with Crippen LogP contribution in [0.25, 0.3) is 0 Å². The summed E-state index contributed by atoms with van der Waals surface area (Å²) in [6, 6.07) is 12.0. The number of nitro groups is 1. The molecule has 0 aliphatic rings. The van der Waals surface area contributed by atoms with E-state index in [4.69, 9.17) is 9.47 Å². The van der Waals surface area contributed by atoms with E-state index in [0.29, 0.717) is 13.2 Å². The highest BCUT2D eigenvalue weighted by Crippen LogP contribution is 2.34. The molecule has 2 aromatic carbocycles. The lowest BCUT2D eigenvalue weighted by molar-refractivity contribution is -0.385. The van der Waals surface area contributed by atoms with E-state index >= 15 is 0 Å². The van der Waals surface area contributed by atoms with E-state index in [1.807, 2.05) is 36.5 Å². The van der Waals surface area contributed by atoms with E-state index in [0.717, 1.165) is 11.1 Å². The van der Waals surface area contributed by atoms with Crippen LogP contribution in [0.2, 0.25) is 0 Å². The van der Waals surface area contributed by atoms with Gasteiger partial charge in [0.2, 0.25) is 0 Å². The van der Waals surface area contributed by atoms with Crippen LogP contribution in [0.15, 0.2) is 54.9 Å². The van der Waals surface area contributed by atoms with Gasteiger partial charge < -0.3 is 14.8 Å². The van der Waals surface area contributed by atoms with E-state index in [-0.39, 0.29) is 29.3 Å². The number of aromatic nitrogens is 2. The fourth-order valence-electron chi connectivity index (χ4n) is 3.03. The summed E-state index contributed by atoms with van der Waals surface area (Å²) in [5.41, 5.74) is 1.44. The van der Waals surface area contributed by atoms with Crippen LogP contribution in [0, 0.1) is 10.1 Å². The monoisotopic (exact) mass is 410 g/mol. The average molecular weight is 410 g/mol. The van der Waals surface area contributed by atoms with Gasteiger partial charge in [0.05, 0.1) is 31.3 Å². The number of nitrogens with zero attached hydrogens (tertiary/aromatic N) is 3. The number of hydrogen-bond acceptors (Lipinski definition) is 6. The van der Waals surface area contributed by atoms with Crippen molar-refractivity contribution in [3.63, 3.8) is 0 Å². The van der Waals surface area contributed by atoms with Crippen LogP contribution in [0.3, 0.4) is 0 Å². The predicted octanol–water partition coefficient (Wildman–Crippen LogP) is 3.18. The van der Waals surface area contributed by atoms with Gasteiger partial charge in [0, 0.05) is 25.0 Å². The number of methoxy groups -OCH3 is 1. The van der Waals surface area contributed by atoms with Crippen molar-refractivity contribution in [1.82, 2.24) is 15.1 Å². The highest BCUT2D eigenvalue weighted by molar-refractivity contribution is 5.99. The minimum Gasteiger partial charge on any atom is -0.493 e. The minimum absolute atomic E-state index is 0.0891. The van der Waals surface area contributed by atoms with Crippen LogP contribution in [0.5, 0.6) is 11.5 Å². The van der Waals surface area contributed by atoms with Crippen molar-refractivity contribution in [2.24, 2.45) is 0 Å². The Morgan fingerprint density at radius 1 is 1.20 bits per heavy atom. The fourth-order valence-corrected chi connectivity index (χ4v) is 3.03. The maximum absolute atomic E-state index is 12.8. The smallest absolute Gasteiger partial charge is 0.286 e. The number of ether oxygens (including phenoxy) is 2. The Hall–Kier alpha value is -3.88. The molecule has 3 aromatic rings. The van der Waals surface area contributed by atoms with Crippen LogP contribution >= 0.6 is 0 Å². The molecular formula is C21H22N4O5. The van der Waals surface area contributed by atoms with Gasteiger partial charge in [-0.2, -0.15) is 5.10 Å². The first-order valence-corrected chi connectivity index (χ1v) is 9.35. The number of amides is 1. The van der Waals surface area contributed by atoms with E-state index in [2.05, 4.69) is 10.4 Å². The zero-order valence-electron chi connectivity index (χ0n) is 16.7. The average Bonchev–Trinajstić information content (AvgIpc) is 3.25. The quantitative estimate of drug-likeness (QED) is 0.429. The second-order valence-corrected chi connectivity index (χ2v) is 6.37. The van der Waals surface area contributed by atoms with Crippen LogP contribution in [0.4, 0.5) is 5.69 Å². The molecule has 0 saturated heterocycles. The van der Waals surface area contributed by atoms with Crippen LogP contribution in [0.1, 0.15) is 28.4 Å². The summed E-state index contributed by atoms with van der Waals surface area (Å²) in [6.45, 7) is 2.87. The van der Waals surface area contributed by atoms with Crippen molar-refractivity contribution in [1.29, 1.82) is 0 Å². The maximum atomic E-state index is 12.8. The summed E-state index contributed by atoms with van der Waals surface area (Å²) in [6.07, 6.45) is 3.55. The molecule has 0 atom stereocenters. The lowest BCUT2D eigenvalue weighted by atomic mass is 10.1. The topological polar surface area (TPSA) is 109 Å². The third-order valence-corrected chi connectivity index (χ3v) is 4.47. The van der Waals surface area contributed by atoms with Gasteiger partial charge in [-0.3, -0.25) is 19.6 Å². The highest BCUT2D eigenvalue weighted by Gasteiger charge is 2.24. The molecule has 9 nitrogen and oxygen atoms in total. The molecular weight excluding hydrogens is 388 g/mol. The number of rotatable bonds is 9. The second-order valence-electron chi connectivity index (χ2n) is 6.37. The van der Waals surface area contributed by atoms with Crippen LogP contribution in [-0.2, 0) is 13.1 Å². The normalized spacial score (nSPS) is 10.5. The summed E-state index contributed by atoms with van der Waals surface area (Å²) in [5.74, 6) is -0.0984. The number of carbonyl (C=O) groups excluding carboxylic acids is 1.